The third-order valence-electron chi connectivity index (χ3n) is 13.6. The number of rotatable bonds is 10. The van der Waals surface area contributed by atoms with E-state index in [9.17, 15) is 42.3 Å². The Bertz CT molecular complexity index is 2490. The number of carbonyl (C=O) groups excluding carboxylic acids is 7. The standard InChI is InChI=1S/C45H50F3N11O7/c1-54-34-24-49-44(53-38(34)58(28-5-2-3-6-28)25-45(47,48)43(54)66)51-31-10-9-26(23-30(31)46)39(62)50-27-13-17-57(18-14-27)36(61)15-16-55-19-21-56(22-20-55)32-8-4-7-29-37(32)42(65)59(41(29)64)33-11-12-35(60)52-40(33)63/h4,7-10,23-24,27-28,33H,2-3,5-6,11-22,25H2,1H3,(H,50,62)(H,49,51,53)(H,52,60,63). The topological polar surface area (TPSA) is 201 Å². The maximum Gasteiger partial charge on any atom is 0.342 e. The van der Waals surface area contributed by atoms with Crippen LogP contribution in [0.25, 0.3) is 0 Å². The maximum atomic E-state index is 15.5. The number of nitrogens with zero attached hydrogens (tertiary/aromatic N) is 8. The van der Waals surface area contributed by atoms with Crippen LogP contribution >= 0.6 is 0 Å². The van der Waals surface area contributed by atoms with Gasteiger partial charge in [0, 0.05) is 83.3 Å². The molecule has 0 radical (unpaired) electrons. The normalized spacial score (nSPS) is 21.8. The van der Waals surface area contributed by atoms with Crippen molar-refractivity contribution in [3.05, 3.63) is 65.1 Å². The lowest BCUT2D eigenvalue weighted by Gasteiger charge is -2.37. The molecule has 1 unspecified atom stereocenters. The smallest absolute Gasteiger partial charge is 0.342 e. The summed E-state index contributed by atoms with van der Waals surface area (Å²) in [6.07, 6.45) is 5.79. The zero-order valence-electron chi connectivity index (χ0n) is 36.4. The molecule has 21 heteroatoms. The number of anilines is 5. The van der Waals surface area contributed by atoms with Gasteiger partial charge < -0.3 is 30.2 Å². The van der Waals surface area contributed by atoms with Crippen molar-refractivity contribution in [1.82, 2.24) is 35.3 Å². The fourth-order valence-corrected chi connectivity index (χ4v) is 9.91. The van der Waals surface area contributed by atoms with Crippen LogP contribution < -0.4 is 30.7 Å². The number of benzene rings is 2. The number of alkyl halides is 2. The van der Waals surface area contributed by atoms with E-state index in [4.69, 9.17) is 0 Å². The Hall–Kier alpha value is -6.64. The van der Waals surface area contributed by atoms with E-state index in [2.05, 4.69) is 30.8 Å². The Morgan fingerprint density at radius 3 is 2.35 bits per heavy atom. The highest BCUT2D eigenvalue weighted by atomic mass is 19.3. The number of carbonyl (C=O) groups is 7. The van der Waals surface area contributed by atoms with E-state index in [1.165, 1.54) is 30.3 Å². The molecule has 3 saturated heterocycles. The van der Waals surface area contributed by atoms with Crippen molar-refractivity contribution in [1.29, 1.82) is 0 Å². The van der Waals surface area contributed by atoms with Gasteiger partial charge in [0.15, 0.2) is 5.82 Å². The highest BCUT2D eigenvalue weighted by Crippen LogP contribution is 2.40. The van der Waals surface area contributed by atoms with Gasteiger partial charge in [-0.2, -0.15) is 13.8 Å². The summed E-state index contributed by atoms with van der Waals surface area (Å²) >= 11 is 0. The van der Waals surface area contributed by atoms with Crippen molar-refractivity contribution in [2.75, 3.05) is 79.4 Å². The summed E-state index contributed by atoms with van der Waals surface area (Å²) in [6, 6.07) is 7.46. The van der Waals surface area contributed by atoms with E-state index in [1.54, 1.807) is 23.1 Å². The molecule has 1 atom stereocenters. The number of imide groups is 2. The summed E-state index contributed by atoms with van der Waals surface area (Å²) in [5.74, 6) is -8.34. The fraction of sp³-hybridized carbons (Fsp3) is 0.489. The van der Waals surface area contributed by atoms with Crippen molar-refractivity contribution >= 4 is 70.2 Å². The number of piperazine rings is 1. The number of likely N-dealkylation sites (tertiary alicyclic amines) is 1. The Kier molecular flexibility index (Phi) is 12.1. The minimum atomic E-state index is -3.64. The summed E-state index contributed by atoms with van der Waals surface area (Å²) in [5, 5.41) is 7.97. The second kappa shape index (κ2) is 18.0. The number of fused-ring (bicyclic) bond motifs is 2. The predicted molar refractivity (Wildman–Crippen MR) is 233 cm³/mol. The second-order valence-corrected chi connectivity index (χ2v) is 17.7. The lowest BCUT2D eigenvalue weighted by Crippen LogP contribution is -2.54. The van der Waals surface area contributed by atoms with E-state index in [0.717, 1.165) is 28.7 Å². The van der Waals surface area contributed by atoms with Gasteiger partial charge in [0.2, 0.25) is 23.7 Å². The Morgan fingerprint density at radius 2 is 1.64 bits per heavy atom. The molecule has 0 bridgehead atoms. The van der Waals surface area contributed by atoms with Crippen molar-refractivity contribution in [2.45, 2.75) is 81.8 Å². The molecule has 0 spiro atoms. The molecule has 5 aliphatic heterocycles. The molecule has 2 aromatic carbocycles. The molecule has 6 aliphatic rings. The van der Waals surface area contributed by atoms with Crippen molar-refractivity contribution in [3.63, 3.8) is 0 Å². The lowest BCUT2D eigenvalue weighted by molar-refractivity contribution is -0.140. The molecule has 1 aromatic heterocycles. The summed E-state index contributed by atoms with van der Waals surface area (Å²) in [6.45, 7) is 2.92. The minimum Gasteiger partial charge on any atom is -0.368 e. The van der Waals surface area contributed by atoms with Crippen LogP contribution in [0.4, 0.5) is 42.0 Å². The third kappa shape index (κ3) is 8.62. The quantitative estimate of drug-likeness (QED) is 0.251. The average Bonchev–Trinajstić information content (AvgIpc) is 3.92. The molecule has 18 nitrogen and oxygen atoms in total. The Labute approximate surface area is 377 Å². The van der Waals surface area contributed by atoms with Crippen LogP contribution in [0.1, 0.15) is 88.9 Å². The monoisotopic (exact) mass is 913 g/mol. The first-order chi connectivity index (χ1) is 31.7. The largest absolute Gasteiger partial charge is 0.368 e. The zero-order valence-corrected chi connectivity index (χ0v) is 36.4. The van der Waals surface area contributed by atoms with Crippen molar-refractivity contribution < 1.29 is 46.7 Å². The molecular weight excluding hydrogens is 864 g/mol. The van der Waals surface area contributed by atoms with Gasteiger partial charge in [0.1, 0.15) is 17.5 Å². The summed E-state index contributed by atoms with van der Waals surface area (Å²) in [4.78, 5) is 108. The summed E-state index contributed by atoms with van der Waals surface area (Å²) in [7, 11) is 1.25. The third-order valence-corrected chi connectivity index (χ3v) is 13.6. The lowest BCUT2D eigenvalue weighted by atomic mass is 10.0. The first kappa shape index (κ1) is 44.6. The van der Waals surface area contributed by atoms with Gasteiger partial charge in [-0.3, -0.25) is 48.7 Å². The number of hydrogen-bond acceptors (Lipinski definition) is 13. The molecule has 3 N–H and O–H groups in total. The number of halogens is 3. The molecule has 3 aromatic rings. The van der Waals surface area contributed by atoms with E-state index in [-0.39, 0.29) is 70.7 Å². The van der Waals surface area contributed by atoms with Crippen LogP contribution in [0, 0.1) is 5.82 Å². The number of piperidine rings is 2. The summed E-state index contributed by atoms with van der Waals surface area (Å²) < 4.78 is 45.4. The molecule has 7 amide bonds. The van der Waals surface area contributed by atoms with E-state index >= 15 is 4.39 Å². The molecule has 66 heavy (non-hydrogen) atoms. The van der Waals surface area contributed by atoms with Gasteiger partial charge in [0.25, 0.3) is 23.6 Å². The van der Waals surface area contributed by atoms with Crippen molar-refractivity contribution in [2.24, 2.45) is 0 Å². The van der Waals surface area contributed by atoms with Crippen LogP contribution in [-0.2, 0) is 19.2 Å². The van der Waals surface area contributed by atoms with Gasteiger partial charge >= 0.3 is 5.92 Å². The minimum absolute atomic E-state index is 0.00551. The SMILES string of the molecule is CN1C(=O)C(F)(F)CN(C2CCCC2)c2nc(Nc3ccc(C(=O)NC4CCN(C(=O)CCN5CCN(c6cccc7c6C(=O)N(C6CCC(=O)NC6=O)C7=O)CC5)CC4)cc3F)ncc21. The van der Waals surface area contributed by atoms with Gasteiger partial charge in [-0.15, -0.1) is 0 Å². The van der Waals surface area contributed by atoms with E-state index in [0.29, 0.717) is 83.6 Å². The molecule has 1 aliphatic carbocycles. The molecule has 9 rings (SSSR count). The number of amides is 7. The molecular formula is C45H50F3N11O7. The molecule has 1 saturated carbocycles. The van der Waals surface area contributed by atoms with Crippen LogP contribution in [0.5, 0.6) is 0 Å². The highest BCUT2D eigenvalue weighted by molar-refractivity contribution is 6.25. The Balaban J connectivity index is 0.735. The maximum absolute atomic E-state index is 15.5. The average molecular weight is 914 g/mol. The van der Waals surface area contributed by atoms with Gasteiger partial charge in [-0.25, -0.2) is 9.37 Å². The van der Waals surface area contributed by atoms with E-state index < -0.39 is 59.8 Å². The van der Waals surface area contributed by atoms with Gasteiger partial charge in [-0.05, 0) is 62.4 Å². The van der Waals surface area contributed by atoms with E-state index in [1.807, 2.05) is 4.90 Å². The first-order valence-corrected chi connectivity index (χ1v) is 22.4. The van der Waals surface area contributed by atoms with Crippen molar-refractivity contribution in [3.8, 4) is 0 Å². The summed E-state index contributed by atoms with van der Waals surface area (Å²) in [5.41, 5.74) is 1.26. The molecule has 6 heterocycles. The van der Waals surface area contributed by atoms with Gasteiger partial charge in [-0.1, -0.05) is 18.9 Å². The van der Waals surface area contributed by atoms with Crippen LogP contribution in [0.15, 0.2) is 42.6 Å². The molecule has 4 fully saturated rings. The number of aromatic nitrogens is 2. The second-order valence-electron chi connectivity index (χ2n) is 17.7. The molecule has 348 valence electrons. The predicted octanol–water partition coefficient (Wildman–Crippen LogP) is 3.05. The number of hydrogen-bond donors (Lipinski definition) is 3. The number of nitrogens with one attached hydrogen (secondary N) is 3. The first-order valence-electron chi connectivity index (χ1n) is 22.4. The Morgan fingerprint density at radius 1 is 0.894 bits per heavy atom. The van der Waals surface area contributed by atoms with Crippen LogP contribution in [0.3, 0.4) is 0 Å². The zero-order chi connectivity index (χ0) is 46.4. The van der Waals surface area contributed by atoms with Gasteiger partial charge in [0.05, 0.1) is 35.2 Å². The fourth-order valence-electron chi connectivity index (χ4n) is 9.91. The van der Waals surface area contributed by atoms with Crippen LogP contribution in [0.2, 0.25) is 0 Å². The highest BCUT2D eigenvalue weighted by Gasteiger charge is 2.49. The van der Waals surface area contributed by atoms with Crippen LogP contribution in [-0.4, -0.2) is 149 Å².